The van der Waals surface area contributed by atoms with Crippen LogP contribution in [0.25, 0.3) is 0 Å². The fourth-order valence-corrected chi connectivity index (χ4v) is 3.29. The lowest BCUT2D eigenvalue weighted by Crippen LogP contribution is -2.31. The number of benzene rings is 2. The van der Waals surface area contributed by atoms with Crippen molar-refractivity contribution >= 4 is 27.4 Å². The molecule has 0 spiro atoms. The fourth-order valence-electron chi connectivity index (χ4n) is 2.26. The van der Waals surface area contributed by atoms with Crippen LogP contribution < -0.4 is 10.0 Å². The van der Waals surface area contributed by atoms with Crippen molar-refractivity contribution in [3.8, 4) is 0 Å². The first-order chi connectivity index (χ1) is 12.7. The maximum atomic E-state index is 12.3. The van der Waals surface area contributed by atoms with Gasteiger partial charge in [-0.15, -0.1) is 0 Å². The van der Waals surface area contributed by atoms with E-state index < -0.39 is 10.0 Å². The molecule has 0 atom stereocenters. The molecule has 144 valence electrons. The molecular formula is C19H23N3O4S. The van der Waals surface area contributed by atoms with E-state index in [9.17, 15) is 18.0 Å². The Balaban J connectivity index is 2.03. The van der Waals surface area contributed by atoms with Gasteiger partial charge in [0.25, 0.3) is 5.91 Å². The molecule has 0 unspecified atom stereocenters. The standard InChI is InChI=1S/C19H23N3O4S/c1-14(23)15-4-8-17(9-5-15)21-19(24)16-6-10-18(11-7-16)27(25,26)20-12-13-22(2)3/h4-11,20H,12-13H2,1-3H3,(H,21,24). The monoisotopic (exact) mass is 389 g/mol. The maximum absolute atomic E-state index is 12.3. The molecule has 2 rings (SSSR count). The summed E-state index contributed by atoms with van der Waals surface area (Å²) in [6.45, 7) is 2.36. The molecule has 0 saturated heterocycles. The van der Waals surface area contributed by atoms with Gasteiger partial charge in [0.15, 0.2) is 5.78 Å². The van der Waals surface area contributed by atoms with Gasteiger partial charge in [-0.05, 0) is 69.6 Å². The number of Topliss-reactive ketones (excluding diaryl/α,β-unsaturated/α-hetero) is 1. The summed E-state index contributed by atoms with van der Waals surface area (Å²) >= 11 is 0. The summed E-state index contributed by atoms with van der Waals surface area (Å²) in [5.41, 5.74) is 1.44. The SMILES string of the molecule is CC(=O)c1ccc(NC(=O)c2ccc(S(=O)(=O)NCCN(C)C)cc2)cc1. The summed E-state index contributed by atoms with van der Waals surface area (Å²) in [6, 6.07) is 12.3. The van der Waals surface area contributed by atoms with Crippen LogP contribution in [0.4, 0.5) is 5.69 Å². The molecule has 8 heteroatoms. The first-order valence-electron chi connectivity index (χ1n) is 8.36. The molecule has 7 nitrogen and oxygen atoms in total. The highest BCUT2D eigenvalue weighted by Crippen LogP contribution is 2.14. The van der Waals surface area contributed by atoms with Gasteiger partial charge < -0.3 is 10.2 Å². The molecule has 0 heterocycles. The first-order valence-corrected chi connectivity index (χ1v) is 9.84. The zero-order valence-corrected chi connectivity index (χ0v) is 16.3. The van der Waals surface area contributed by atoms with Gasteiger partial charge in [0, 0.05) is 29.9 Å². The van der Waals surface area contributed by atoms with Crippen LogP contribution in [0.5, 0.6) is 0 Å². The van der Waals surface area contributed by atoms with Crippen molar-refractivity contribution in [3.05, 3.63) is 59.7 Å². The summed E-state index contributed by atoms with van der Waals surface area (Å²) in [4.78, 5) is 25.5. The van der Waals surface area contributed by atoms with Gasteiger partial charge in [0.1, 0.15) is 0 Å². The zero-order valence-electron chi connectivity index (χ0n) is 15.5. The fraction of sp³-hybridized carbons (Fsp3) is 0.263. The molecule has 0 radical (unpaired) electrons. The Hall–Kier alpha value is -2.55. The van der Waals surface area contributed by atoms with Crippen molar-refractivity contribution in [3.63, 3.8) is 0 Å². The number of sulfonamides is 1. The predicted octanol–water partition coefficient (Wildman–Crippen LogP) is 1.98. The highest BCUT2D eigenvalue weighted by molar-refractivity contribution is 7.89. The Morgan fingerprint density at radius 1 is 0.926 bits per heavy atom. The Morgan fingerprint density at radius 2 is 1.48 bits per heavy atom. The van der Waals surface area contributed by atoms with Gasteiger partial charge >= 0.3 is 0 Å². The van der Waals surface area contributed by atoms with Crippen LogP contribution in [0.3, 0.4) is 0 Å². The number of anilines is 1. The highest BCUT2D eigenvalue weighted by atomic mass is 32.2. The van der Waals surface area contributed by atoms with Crippen LogP contribution in [0.2, 0.25) is 0 Å². The molecule has 0 aliphatic heterocycles. The van der Waals surface area contributed by atoms with E-state index in [2.05, 4.69) is 10.0 Å². The lowest BCUT2D eigenvalue weighted by molar-refractivity contribution is 0.101. The number of hydrogen-bond donors (Lipinski definition) is 2. The second-order valence-electron chi connectivity index (χ2n) is 6.31. The molecular weight excluding hydrogens is 366 g/mol. The average molecular weight is 389 g/mol. The summed E-state index contributed by atoms with van der Waals surface area (Å²) in [6.07, 6.45) is 0. The van der Waals surface area contributed by atoms with Crippen LogP contribution in [-0.4, -0.2) is 52.2 Å². The van der Waals surface area contributed by atoms with E-state index >= 15 is 0 Å². The number of rotatable bonds is 8. The summed E-state index contributed by atoms with van der Waals surface area (Å²) < 4.78 is 26.9. The number of carbonyl (C=O) groups is 2. The lowest BCUT2D eigenvalue weighted by Gasteiger charge is -2.11. The van der Waals surface area contributed by atoms with E-state index in [1.165, 1.54) is 31.2 Å². The maximum Gasteiger partial charge on any atom is 0.255 e. The number of amides is 1. The van der Waals surface area contributed by atoms with Crippen LogP contribution in [0.15, 0.2) is 53.4 Å². The molecule has 0 bridgehead atoms. The van der Waals surface area contributed by atoms with Crippen molar-refractivity contribution in [1.82, 2.24) is 9.62 Å². The zero-order chi connectivity index (χ0) is 20.0. The normalized spacial score (nSPS) is 11.4. The Morgan fingerprint density at radius 3 is 2.00 bits per heavy atom. The van der Waals surface area contributed by atoms with Crippen molar-refractivity contribution in [2.75, 3.05) is 32.5 Å². The number of nitrogens with one attached hydrogen (secondary N) is 2. The molecule has 1 amide bonds. The van der Waals surface area contributed by atoms with Gasteiger partial charge in [0.2, 0.25) is 10.0 Å². The van der Waals surface area contributed by atoms with E-state index in [4.69, 9.17) is 0 Å². The van der Waals surface area contributed by atoms with E-state index in [1.807, 2.05) is 19.0 Å². The van der Waals surface area contributed by atoms with Crippen LogP contribution in [0.1, 0.15) is 27.6 Å². The van der Waals surface area contributed by atoms with E-state index in [0.717, 1.165) is 0 Å². The summed E-state index contributed by atoms with van der Waals surface area (Å²) in [5, 5.41) is 2.71. The topological polar surface area (TPSA) is 95.6 Å². The molecule has 0 aliphatic carbocycles. The number of ketones is 1. The number of hydrogen-bond acceptors (Lipinski definition) is 5. The van der Waals surface area contributed by atoms with E-state index in [0.29, 0.717) is 29.9 Å². The average Bonchev–Trinajstić information content (AvgIpc) is 2.61. The van der Waals surface area contributed by atoms with E-state index in [1.54, 1.807) is 24.3 Å². The largest absolute Gasteiger partial charge is 0.322 e. The van der Waals surface area contributed by atoms with Gasteiger partial charge in [-0.2, -0.15) is 0 Å². The van der Waals surface area contributed by atoms with Crippen molar-refractivity contribution in [2.45, 2.75) is 11.8 Å². The van der Waals surface area contributed by atoms with Crippen molar-refractivity contribution < 1.29 is 18.0 Å². The van der Waals surface area contributed by atoms with Crippen molar-refractivity contribution in [1.29, 1.82) is 0 Å². The molecule has 27 heavy (non-hydrogen) atoms. The number of carbonyl (C=O) groups excluding carboxylic acids is 2. The third kappa shape index (κ3) is 5.99. The Labute approximate surface area is 159 Å². The van der Waals surface area contributed by atoms with Gasteiger partial charge in [-0.3, -0.25) is 9.59 Å². The molecule has 2 aromatic carbocycles. The highest BCUT2D eigenvalue weighted by Gasteiger charge is 2.15. The minimum absolute atomic E-state index is 0.0520. The number of likely N-dealkylation sites (N-methyl/N-ethyl adjacent to an activating group) is 1. The molecule has 0 fully saturated rings. The van der Waals surface area contributed by atoms with Crippen LogP contribution >= 0.6 is 0 Å². The number of nitrogens with zero attached hydrogens (tertiary/aromatic N) is 1. The quantitative estimate of drug-likeness (QED) is 0.673. The van der Waals surface area contributed by atoms with Crippen LogP contribution in [0, 0.1) is 0 Å². The Bertz CT molecular complexity index is 905. The summed E-state index contributed by atoms with van der Waals surface area (Å²) in [5.74, 6) is -0.418. The Kier molecular flexibility index (Phi) is 6.84. The van der Waals surface area contributed by atoms with Gasteiger partial charge in [0.05, 0.1) is 4.90 Å². The third-order valence-electron chi connectivity index (χ3n) is 3.83. The smallest absolute Gasteiger partial charge is 0.255 e. The molecule has 2 N–H and O–H groups in total. The second-order valence-corrected chi connectivity index (χ2v) is 8.08. The minimum atomic E-state index is -3.61. The summed E-state index contributed by atoms with van der Waals surface area (Å²) in [7, 11) is 0.102. The van der Waals surface area contributed by atoms with E-state index in [-0.39, 0.29) is 16.6 Å². The second kappa shape index (κ2) is 8.90. The third-order valence-corrected chi connectivity index (χ3v) is 5.30. The predicted molar refractivity (Wildman–Crippen MR) is 105 cm³/mol. The first kappa shape index (κ1) is 20.8. The van der Waals surface area contributed by atoms with Crippen molar-refractivity contribution in [2.24, 2.45) is 0 Å². The lowest BCUT2D eigenvalue weighted by atomic mass is 10.1. The molecule has 0 saturated carbocycles. The molecule has 0 aliphatic rings. The van der Waals surface area contributed by atoms with Crippen LogP contribution in [-0.2, 0) is 10.0 Å². The minimum Gasteiger partial charge on any atom is -0.322 e. The van der Waals surface area contributed by atoms with Gasteiger partial charge in [-0.25, -0.2) is 13.1 Å². The molecule has 2 aromatic rings. The van der Waals surface area contributed by atoms with Gasteiger partial charge in [-0.1, -0.05) is 0 Å². The molecule has 0 aromatic heterocycles.